The molecule has 0 saturated heterocycles. The van der Waals surface area contributed by atoms with Crippen LogP contribution in [0.5, 0.6) is 0 Å². The van der Waals surface area contributed by atoms with Crippen molar-refractivity contribution in [2.75, 3.05) is 5.73 Å². The number of nitrogen functional groups attached to an aromatic ring is 1. The van der Waals surface area contributed by atoms with Gasteiger partial charge in [0, 0.05) is 6.07 Å². The van der Waals surface area contributed by atoms with Gasteiger partial charge in [0.1, 0.15) is 11.6 Å². The molecule has 0 bridgehead atoms. The Kier molecular flexibility index (Phi) is 3.15. The van der Waals surface area contributed by atoms with Gasteiger partial charge in [0.05, 0.1) is 22.0 Å². The summed E-state index contributed by atoms with van der Waals surface area (Å²) in [6, 6.07) is 6.18. The van der Waals surface area contributed by atoms with Crippen LogP contribution in [0.4, 0.5) is 5.82 Å². The molecule has 3 aromatic rings. The maximum atomic E-state index is 12.8. The van der Waals surface area contributed by atoms with Crippen molar-refractivity contribution in [1.82, 2.24) is 19.7 Å². The lowest BCUT2D eigenvalue weighted by molar-refractivity contribution is 0.688. The van der Waals surface area contributed by atoms with Crippen LogP contribution in [-0.4, -0.2) is 19.7 Å². The minimum Gasteiger partial charge on any atom is -0.384 e. The monoisotopic (exact) mass is 304 g/mol. The SMILES string of the molecule is C[C@H](N)c1nc2cccc(Cl)c2c(=O)n1-c1cc(N)[nH]n1. The van der Waals surface area contributed by atoms with Crippen molar-refractivity contribution in [1.29, 1.82) is 0 Å². The Bertz CT molecular complexity index is 882. The van der Waals surface area contributed by atoms with Crippen molar-refractivity contribution in [3.05, 3.63) is 45.5 Å². The second-order valence-corrected chi connectivity index (χ2v) is 5.12. The number of halogens is 1. The number of nitrogens with zero attached hydrogens (tertiary/aromatic N) is 3. The van der Waals surface area contributed by atoms with Crippen LogP contribution in [-0.2, 0) is 0 Å². The summed E-state index contributed by atoms with van der Waals surface area (Å²) in [5.41, 5.74) is 11.7. The molecular formula is C13H13ClN6O. The average Bonchev–Trinajstić information content (AvgIpc) is 2.84. The average molecular weight is 305 g/mol. The topological polar surface area (TPSA) is 116 Å². The first-order chi connectivity index (χ1) is 9.99. The molecule has 2 aromatic heterocycles. The third-order valence-corrected chi connectivity index (χ3v) is 3.41. The van der Waals surface area contributed by atoms with Crippen LogP contribution in [0, 0.1) is 0 Å². The summed E-state index contributed by atoms with van der Waals surface area (Å²) in [4.78, 5) is 17.2. The van der Waals surface area contributed by atoms with E-state index in [1.165, 1.54) is 10.6 Å². The predicted octanol–water partition coefficient (Wildman–Crippen LogP) is 1.36. The van der Waals surface area contributed by atoms with E-state index in [0.29, 0.717) is 33.4 Å². The first-order valence-corrected chi connectivity index (χ1v) is 6.65. The largest absolute Gasteiger partial charge is 0.384 e. The van der Waals surface area contributed by atoms with E-state index >= 15 is 0 Å². The first kappa shape index (κ1) is 13.6. The molecule has 0 saturated carbocycles. The molecule has 2 heterocycles. The van der Waals surface area contributed by atoms with E-state index in [4.69, 9.17) is 23.1 Å². The van der Waals surface area contributed by atoms with Crippen LogP contribution >= 0.6 is 11.6 Å². The number of fused-ring (bicyclic) bond motifs is 1. The molecule has 3 rings (SSSR count). The fraction of sp³-hybridized carbons (Fsp3) is 0.154. The molecule has 0 spiro atoms. The summed E-state index contributed by atoms with van der Waals surface area (Å²) in [7, 11) is 0. The Morgan fingerprint density at radius 3 is 2.81 bits per heavy atom. The van der Waals surface area contributed by atoms with Crippen molar-refractivity contribution in [3.8, 4) is 5.82 Å². The molecule has 21 heavy (non-hydrogen) atoms. The molecule has 0 aliphatic heterocycles. The van der Waals surface area contributed by atoms with Crippen LogP contribution in [0.2, 0.25) is 5.02 Å². The Labute approximate surface area is 124 Å². The second-order valence-electron chi connectivity index (χ2n) is 4.71. The summed E-state index contributed by atoms with van der Waals surface area (Å²) in [6.07, 6.45) is 0. The van der Waals surface area contributed by atoms with Gasteiger partial charge in [0.2, 0.25) is 0 Å². The zero-order valence-electron chi connectivity index (χ0n) is 11.2. The van der Waals surface area contributed by atoms with Crippen molar-refractivity contribution in [3.63, 3.8) is 0 Å². The number of benzene rings is 1. The molecule has 0 amide bonds. The molecule has 1 atom stereocenters. The smallest absolute Gasteiger partial charge is 0.268 e. The van der Waals surface area contributed by atoms with Gasteiger partial charge in [-0.15, -0.1) is 0 Å². The Morgan fingerprint density at radius 1 is 1.43 bits per heavy atom. The van der Waals surface area contributed by atoms with Crippen LogP contribution in [0.15, 0.2) is 29.1 Å². The van der Waals surface area contributed by atoms with Crippen molar-refractivity contribution in [2.45, 2.75) is 13.0 Å². The van der Waals surface area contributed by atoms with Crippen molar-refractivity contribution < 1.29 is 0 Å². The van der Waals surface area contributed by atoms with Gasteiger partial charge in [-0.05, 0) is 19.1 Å². The van der Waals surface area contributed by atoms with Crippen molar-refractivity contribution in [2.24, 2.45) is 5.73 Å². The number of aromatic nitrogens is 4. The molecule has 8 heteroatoms. The highest BCUT2D eigenvalue weighted by atomic mass is 35.5. The third kappa shape index (κ3) is 2.16. The molecule has 0 radical (unpaired) electrons. The third-order valence-electron chi connectivity index (χ3n) is 3.09. The van der Waals surface area contributed by atoms with E-state index in [1.54, 1.807) is 25.1 Å². The highest BCUT2D eigenvalue weighted by Gasteiger charge is 2.18. The lowest BCUT2D eigenvalue weighted by atomic mass is 10.2. The fourth-order valence-electron chi connectivity index (χ4n) is 2.17. The van der Waals surface area contributed by atoms with Gasteiger partial charge in [-0.1, -0.05) is 17.7 Å². The van der Waals surface area contributed by atoms with Gasteiger partial charge < -0.3 is 11.5 Å². The lowest BCUT2D eigenvalue weighted by Crippen LogP contribution is -2.28. The molecule has 1 aromatic carbocycles. The predicted molar refractivity (Wildman–Crippen MR) is 81.5 cm³/mol. The zero-order chi connectivity index (χ0) is 15.1. The number of nitrogens with one attached hydrogen (secondary N) is 1. The summed E-state index contributed by atoms with van der Waals surface area (Å²) in [5.74, 6) is 1.06. The number of H-pyrrole nitrogens is 1. The molecule has 0 unspecified atom stereocenters. The maximum Gasteiger partial charge on any atom is 0.268 e. The molecular weight excluding hydrogens is 292 g/mol. The van der Waals surface area contributed by atoms with Crippen LogP contribution in [0.1, 0.15) is 18.8 Å². The number of hydrogen-bond donors (Lipinski definition) is 3. The lowest BCUT2D eigenvalue weighted by Gasteiger charge is -2.14. The van der Waals surface area contributed by atoms with E-state index in [-0.39, 0.29) is 5.56 Å². The number of aromatic amines is 1. The van der Waals surface area contributed by atoms with Gasteiger partial charge in [-0.2, -0.15) is 5.10 Å². The van der Waals surface area contributed by atoms with Gasteiger partial charge in [0.15, 0.2) is 5.82 Å². The molecule has 0 fully saturated rings. The van der Waals surface area contributed by atoms with Gasteiger partial charge in [-0.3, -0.25) is 9.89 Å². The summed E-state index contributed by atoms with van der Waals surface area (Å²) < 4.78 is 1.33. The Morgan fingerprint density at radius 2 is 2.19 bits per heavy atom. The zero-order valence-corrected chi connectivity index (χ0v) is 11.9. The van der Waals surface area contributed by atoms with E-state index in [2.05, 4.69) is 15.2 Å². The van der Waals surface area contributed by atoms with E-state index in [9.17, 15) is 4.79 Å². The quantitative estimate of drug-likeness (QED) is 0.661. The molecule has 0 aliphatic carbocycles. The minimum absolute atomic E-state index is 0.324. The van der Waals surface area contributed by atoms with Crippen LogP contribution in [0.3, 0.4) is 0 Å². The number of anilines is 1. The molecule has 0 aliphatic rings. The summed E-state index contributed by atoms with van der Waals surface area (Å²) >= 11 is 6.12. The maximum absolute atomic E-state index is 12.8. The number of hydrogen-bond acceptors (Lipinski definition) is 5. The standard InChI is InChI=1S/C13H13ClN6O/c1-6(15)12-17-8-4-2-3-7(14)11(8)13(21)20(12)10-5-9(16)18-19-10/h2-6H,15H2,1H3,(H3,16,18,19)/t6-/m0/s1. The van der Waals surface area contributed by atoms with E-state index < -0.39 is 6.04 Å². The number of rotatable bonds is 2. The second kappa shape index (κ2) is 4.87. The highest BCUT2D eigenvalue weighted by molar-refractivity contribution is 6.35. The normalized spacial score (nSPS) is 12.7. The minimum atomic E-state index is -0.459. The number of nitrogens with two attached hydrogens (primary N) is 2. The summed E-state index contributed by atoms with van der Waals surface area (Å²) in [6.45, 7) is 1.74. The first-order valence-electron chi connectivity index (χ1n) is 6.27. The van der Waals surface area contributed by atoms with Gasteiger partial charge >= 0.3 is 0 Å². The van der Waals surface area contributed by atoms with E-state index in [0.717, 1.165) is 0 Å². The van der Waals surface area contributed by atoms with Gasteiger partial charge in [-0.25, -0.2) is 9.55 Å². The highest BCUT2D eigenvalue weighted by Crippen LogP contribution is 2.21. The summed E-state index contributed by atoms with van der Waals surface area (Å²) in [5, 5.41) is 7.25. The fourth-order valence-corrected chi connectivity index (χ4v) is 2.42. The van der Waals surface area contributed by atoms with Crippen LogP contribution in [0.25, 0.3) is 16.7 Å². The van der Waals surface area contributed by atoms with Crippen LogP contribution < -0.4 is 17.0 Å². The van der Waals surface area contributed by atoms with E-state index in [1.807, 2.05) is 0 Å². The molecule has 5 N–H and O–H groups in total. The Hall–Kier alpha value is -2.38. The van der Waals surface area contributed by atoms with Gasteiger partial charge in [0.25, 0.3) is 5.56 Å². The molecule has 108 valence electrons. The van der Waals surface area contributed by atoms with Crippen molar-refractivity contribution >= 4 is 28.3 Å². The Balaban J connectivity index is 2.46. The molecule has 7 nitrogen and oxygen atoms in total.